The van der Waals surface area contributed by atoms with E-state index in [9.17, 15) is 26.7 Å². The maximum atomic E-state index is 13.5. The summed E-state index contributed by atoms with van der Waals surface area (Å²) in [5.41, 5.74) is 3.44. The molecule has 0 aliphatic rings. The van der Waals surface area contributed by atoms with Gasteiger partial charge in [0.25, 0.3) is 0 Å². The van der Waals surface area contributed by atoms with Crippen LogP contribution in [0.5, 0.6) is 5.75 Å². The van der Waals surface area contributed by atoms with Crippen LogP contribution in [0.25, 0.3) is 0 Å². The number of aromatic nitrogens is 1. The molecule has 2 N–H and O–H groups in total. The number of carbonyl (C=O) groups excluding carboxylic acids is 1. The first-order chi connectivity index (χ1) is 10.6. The third-order valence-corrected chi connectivity index (χ3v) is 3.74. The Morgan fingerprint density at radius 1 is 1.17 bits per heavy atom. The Morgan fingerprint density at radius 2 is 1.74 bits per heavy atom. The highest BCUT2D eigenvalue weighted by atomic mass is 32.1. The summed E-state index contributed by atoms with van der Waals surface area (Å²) < 4.78 is 69.5. The summed E-state index contributed by atoms with van der Waals surface area (Å²) in [6, 6.07) is 5.23. The van der Waals surface area contributed by atoms with E-state index in [-0.39, 0.29) is 16.9 Å². The number of hydrogen-bond acceptors (Lipinski definition) is 5. The van der Waals surface area contributed by atoms with Crippen molar-refractivity contribution in [2.75, 3.05) is 12.8 Å². The standard InChI is InChI=1S/C13H9F5N2O2S/c1-22-7-4-2-6(3-5-7)8(21)9-10(20-11(19)23-9)12(14,15)13(16,17)18/h2-5H,1H3,(H2,19,20). The first kappa shape index (κ1) is 17.1. The highest BCUT2D eigenvalue weighted by molar-refractivity contribution is 7.17. The second-order valence-electron chi connectivity index (χ2n) is 4.36. The van der Waals surface area contributed by atoms with E-state index in [0.29, 0.717) is 5.75 Å². The maximum Gasteiger partial charge on any atom is 0.459 e. The molecule has 2 rings (SSSR count). The quantitative estimate of drug-likeness (QED) is 0.674. The summed E-state index contributed by atoms with van der Waals surface area (Å²) in [5.74, 6) is -5.91. The fraction of sp³-hybridized carbons (Fsp3) is 0.231. The average Bonchev–Trinajstić information content (AvgIpc) is 2.88. The van der Waals surface area contributed by atoms with Crippen LogP contribution in [0.3, 0.4) is 0 Å². The number of carbonyl (C=O) groups is 1. The van der Waals surface area contributed by atoms with Crippen LogP contribution in [-0.4, -0.2) is 24.1 Å². The number of nitrogen functional groups attached to an aromatic ring is 1. The summed E-state index contributed by atoms with van der Waals surface area (Å²) in [6.07, 6.45) is -5.89. The van der Waals surface area contributed by atoms with Gasteiger partial charge in [-0.1, -0.05) is 11.3 Å². The highest BCUT2D eigenvalue weighted by Gasteiger charge is 2.61. The summed E-state index contributed by atoms with van der Waals surface area (Å²) in [5, 5.41) is -0.555. The summed E-state index contributed by atoms with van der Waals surface area (Å²) in [7, 11) is 1.38. The Labute approximate surface area is 130 Å². The molecule has 10 heteroatoms. The molecule has 0 aliphatic heterocycles. The van der Waals surface area contributed by atoms with Crippen molar-refractivity contribution in [3.05, 3.63) is 40.4 Å². The van der Waals surface area contributed by atoms with Gasteiger partial charge in [0.2, 0.25) is 5.78 Å². The number of nitrogens with zero attached hydrogens (tertiary/aromatic N) is 1. The minimum atomic E-state index is -5.89. The van der Waals surface area contributed by atoms with Crippen molar-refractivity contribution in [1.29, 1.82) is 0 Å². The zero-order chi connectivity index (χ0) is 17.4. The van der Waals surface area contributed by atoms with Crippen LogP contribution in [0.1, 0.15) is 20.9 Å². The van der Waals surface area contributed by atoms with Gasteiger partial charge in [0, 0.05) is 5.56 Å². The zero-order valence-electron chi connectivity index (χ0n) is 11.4. The molecule has 0 bridgehead atoms. The van der Waals surface area contributed by atoms with Crippen LogP contribution in [0.4, 0.5) is 27.1 Å². The predicted octanol–water partition coefficient (Wildman–Crippen LogP) is 3.62. The van der Waals surface area contributed by atoms with Gasteiger partial charge in [0.15, 0.2) is 5.13 Å². The van der Waals surface area contributed by atoms with E-state index in [1.807, 2.05) is 0 Å². The number of anilines is 1. The van der Waals surface area contributed by atoms with Gasteiger partial charge >= 0.3 is 12.1 Å². The summed E-state index contributed by atoms with van der Waals surface area (Å²) >= 11 is 0.276. The first-order valence-corrected chi connectivity index (χ1v) is 6.79. The lowest BCUT2D eigenvalue weighted by Gasteiger charge is -2.18. The zero-order valence-corrected chi connectivity index (χ0v) is 12.3. The van der Waals surface area contributed by atoms with E-state index in [1.54, 1.807) is 0 Å². The van der Waals surface area contributed by atoms with Crippen molar-refractivity contribution in [3.63, 3.8) is 0 Å². The van der Waals surface area contributed by atoms with Crippen molar-refractivity contribution in [2.24, 2.45) is 0 Å². The van der Waals surface area contributed by atoms with Gasteiger partial charge in [-0.2, -0.15) is 22.0 Å². The molecule has 0 radical (unpaired) electrons. The minimum absolute atomic E-state index is 0.0892. The van der Waals surface area contributed by atoms with E-state index in [0.717, 1.165) is 0 Å². The number of halogens is 5. The van der Waals surface area contributed by atoms with Crippen LogP contribution >= 0.6 is 11.3 Å². The van der Waals surface area contributed by atoms with E-state index in [4.69, 9.17) is 10.5 Å². The fourth-order valence-electron chi connectivity index (χ4n) is 1.71. The Morgan fingerprint density at radius 3 is 2.22 bits per heavy atom. The average molecular weight is 352 g/mol. The van der Waals surface area contributed by atoms with E-state index < -0.39 is 33.6 Å². The van der Waals surface area contributed by atoms with Gasteiger partial charge in [-0.25, -0.2) is 4.98 Å². The van der Waals surface area contributed by atoms with Crippen molar-refractivity contribution in [3.8, 4) is 5.75 Å². The Kier molecular flexibility index (Phi) is 4.29. The second kappa shape index (κ2) is 5.76. The molecular weight excluding hydrogens is 343 g/mol. The monoisotopic (exact) mass is 352 g/mol. The second-order valence-corrected chi connectivity index (χ2v) is 5.39. The molecule has 1 aromatic heterocycles. The van der Waals surface area contributed by atoms with Crippen LogP contribution in [-0.2, 0) is 5.92 Å². The van der Waals surface area contributed by atoms with Gasteiger partial charge in [0.1, 0.15) is 16.3 Å². The first-order valence-electron chi connectivity index (χ1n) is 5.98. The number of nitrogens with two attached hydrogens (primary N) is 1. The van der Waals surface area contributed by atoms with Crippen LogP contribution < -0.4 is 10.5 Å². The Hall–Kier alpha value is -2.23. The smallest absolute Gasteiger partial charge is 0.459 e. The molecule has 0 saturated carbocycles. The number of alkyl halides is 5. The molecule has 4 nitrogen and oxygen atoms in total. The molecule has 1 aromatic carbocycles. The van der Waals surface area contributed by atoms with Crippen LogP contribution in [0.15, 0.2) is 24.3 Å². The summed E-state index contributed by atoms with van der Waals surface area (Å²) in [6.45, 7) is 0. The van der Waals surface area contributed by atoms with Gasteiger partial charge in [-0.3, -0.25) is 4.79 Å². The van der Waals surface area contributed by atoms with Crippen molar-refractivity contribution >= 4 is 22.3 Å². The fourth-order valence-corrected chi connectivity index (χ4v) is 2.54. The normalized spacial score (nSPS) is 12.3. The molecular formula is C13H9F5N2O2S. The third-order valence-electron chi connectivity index (χ3n) is 2.86. The predicted molar refractivity (Wildman–Crippen MR) is 72.9 cm³/mol. The van der Waals surface area contributed by atoms with Crippen molar-refractivity contribution in [1.82, 2.24) is 4.98 Å². The molecule has 0 saturated heterocycles. The number of ether oxygens (including phenoxy) is 1. The number of rotatable bonds is 4. The third kappa shape index (κ3) is 3.11. The lowest BCUT2D eigenvalue weighted by molar-refractivity contribution is -0.290. The van der Waals surface area contributed by atoms with Gasteiger partial charge < -0.3 is 10.5 Å². The van der Waals surface area contributed by atoms with Gasteiger partial charge in [-0.15, -0.1) is 0 Å². The largest absolute Gasteiger partial charge is 0.497 e. The SMILES string of the molecule is COc1ccc(C(=O)c2sc(N)nc2C(F)(F)C(F)(F)F)cc1. The number of hydrogen-bond donors (Lipinski definition) is 1. The molecule has 0 spiro atoms. The van der Waals surface area contributed by atoms with Gasteiger partial charge in [0.05, 0.1) is 7.11 Å². The maximum absolute atomic E-state index is 13.5. The molecule has 0 atom stereocenters. The highest BCUT2D eigenvalue weighted by Crippen LogP contribution is 2.46. The Bertz CT molecular complexity index is 725. The number of thiazole rings is 1. The van der Waals surface area contributed by atoms with E-state index in [2.05, 4.69) is 4.98 Å². The Balaban J connectivity index is 2.49. The molecule has 0 unspecified atom stereocenters. The lowest BCUT2D eigenvalue weighted by atomic mass is 10.1. The molecule has 2 aromatic rings. The van der Waals surface area contributed by atoms with E-state index in [1.165, 1.54) is 31.4 Å². The van der Waals surface area contributed by atoms with Gasteiger partial charge in [-0.05, 0) is 24.3 Å². The molecule has 0 amide bonds. The minimum Gasteiger partial charge on any atom is -0.497 e. The topological polar surface area (TPSA) is 65.2 Å². The number of methoxy groups -OCH3 is 1. The number of ketones is 1. The molecule has 0 fully saturated rings. The van der Waals surface area contributed by atoms with Crippen molar-refractivity contribution in [2.45, 2.75) is 12.1 Å². The molecule has 23 heavy (non-hydrogen) atoms. The lowest BCUT2D eigenvalue weighted by Crippen LogP contribution is -2.35. The van der Waals surface area contributed by atoms with E-state index >= 15 is 0 Å². The van der Waals surface area contributed by atoms with Crippen LogP contribution in [0, 0.1) is 0 Å². The number of benzene rings is 1. The summed E-state index contributed by atoms with van der Waals surface area (Å²) in [4.78, 5) is 14.4. The molecule has 1 heterocycles. The van der Waals surface area contributed by atoms with Crippen LogP contribution in [0.2, 0.25) is 0 Å². The van der Waals surface area contributed by atoms with Crippen molar-refractivity contribution < 1.29 is 31.5 Å². The molecule has 0 aliphatic carbocycles. The molecule has 124 valence electrons.